The molecule has 1 heterocycles. The van der Waals surface area contributed by atoms with Gasteiger partial charge in [-0.15, -0.1) is 11.3 Å². The normalized spacial score (nSPS) is 12.1. The third-order valence-corrected chi connectivity index (χ3v) is 5.14. The second-order valence-electron chi connectivity index (χ2n) is 4.49. The lowest BCUT2D eigenvalue weighted by Gasteiger charge is -2.12. The topological polar surface area (TPSA) is 60.2 Å². The number of benzene rings is 1. The zero-order chi connectivity index (χ0) is 15.4. The summed E-state index contributed by atoms with van der Waals surface area (Å²) < 4.78 is 0.730. The van der Waals surface area contributed by atoms with Gasteiger partial charge in [0, 0.05) is 20.8 Å². The number of hydrogen-bond acceptors (Lipinski definition) is 4. The van der Waals surface area contributed by atoms with E-state index >= 15 is 0 Å². The van der Waals surface area contributed by atoms with E-state index in [-0.39, 0.29) is 18.7 Å². The van der Waals surface area contributed by atoms with Crippen molar-refractivity contribution in [1.82, 2.24) is 0 Å². The summed E-state index contributed by atoms with van der Waals surface area (Å²) in [5.74, 6) is -0.558. The van der Waals surface area contributed by atoms with Crippen LogP contribution in [0, 0.1) is 10.1 Å². The molecule has 0 aliphatic heterocycles. The molecule has 2 aromatic rings. The standard InChI is InChI=1S/C14H11BrClNO3S/c15-12-5-6-21-14(12)13(18)7-10(8-17(19)20)9-1-3-11(16)4-2-9/h1-6,10H,7-8H2. The molecule has 0 saturated heterocycles. The van der Waals surface area contributed by atoms with Crippen molar-refractivity contribution >= 4 is 44.7 Å². The van der Waals surface area contributed by atoms with Crippen LogP contribution in [0.3, 0.4) is 0 Å². The highest BCUT2D eigenvalue weighted by Crippen LogP contribution is 2.29. The van der Waals surface area contributed by atoms with Crippen LogP contribution in [0.25, 0.3) is 0 Å². The number of thiophene rings is 1. The van der Waals surface area contributed by atoms with Gasteiger partial charge in [0.1, 0.15) is 0 Å². The smallest absolute Gasteiger partial charge is 0.211 e. The quantitative estimate of drug-likeness (QED) is 0.406. The molecule has 1 unspecified atom stereocenters. The van der Waals surface area contributed by atoms with E-state index in [1.54, 1.807) is 30.3 Å². The van der Waals surface area contributed by atoms with Gasteiger partial charge in [0.15, 0.2) is 5.78 Å². The largest absolute Gasteiger partial charge is 0.293 e. The first-order valence-electron chi connectivity index (χ1n) is 6.11. The molecule has 21 heavy (non-hydrogen) atoms. The number of hydrogen-bond donors (Lipinski definition) is 0. The Kier molecular flexibility index (Phi) is 5.50. The lowest BCUT2D eigenvalue weighted by molar-refractivity contribution is -0.483. The Hall–Kier alpha value is -1.24. The lowest BCUT2D eigenvalue weighted by Crippen LogP contribution is -2.16. The Bertz CT molecular complexity index is 656. The van der Waals surface area contributed by atoms with Crippen molar-refractivity contribution in [2.24, 2.45) is 0 Å². The molecule has 1 aromatic carbocycles. The summed E-state index contributed by atoms with van der Waals surface area (Å²) in [7, 11) is 0. The minimum atomic E-state index is -0.459. The molecular formula is C14H11BrClNO3S. The molecular weight excluding hydrogens is 378 g/mol. The van der Waals surface area contributed by atoms with Gasteiger partial charge in [-0.05, 0) is 45.1 Å². The van der Waals surface area contributed by atoms with Gasteiger partial charge in [-0.25, -0.2) is 0 Å². The summed E-state index contributed by atoms with van der Waals surface area (Å²) in [6.45, 7) is -0.281. The molecule has 0 aliphatic carbocycles. The van der Waals surface area contributed by atoms with E-state index in [4.69, 9.17) is 11.6 Å². The molecule has 0 N–H and O–H groups in total. The number of carbonyl (C=O) groups is 1. The van der Waals surface area contributed by atoms with E-state index < -0.39 is 10.8 Å². The zero-order valence-electron chi connectivity index (χ0n) is 10.8. The lowest BCUT2D eigenvalue weighted by atomic mass is 9.93. The molecule has 0 radical (unpaired) electrons. The van der Waals surface area contributed by atoms with Gasteiger partial charge in [0.05, 0.1) is 10.8 Å². The van der Waals surface area contributed by atoms with Crippen LogP contribution < -0.4 is 0 Å². The number of carbonyl (C=O) groups excluding carboxylic acids is 1. The monoisotopic (exact) mass is 387 g/mol. The summed E-state index contributed by atoms with van der Waals surface area (Å²) >= 11 is 10.5. The van der Waals surface area contributed by atoms with Crippen LogP contribution >= 0.6 is 38.9 Å². The molecule has 1 atom stereocenters. The second kappa shape index (κ2) is 7.15. The Morgan fingerprint density at radius 3 is 2.52 bits per heavy atom. The van der Waals surface area contributed by atoms with Crippen molar-refractivity contribution in [1.29, 1.82) is 0 Å². The molecule has 0 spiro atoms. The Morgan fingerprint density at radius 1 is 1.33 bits per heavy atom. The van der Waals surface area contributed by atoms with Gasteiger partial charge in [-0.1, -0.05) is 23.7 Å². The van der Waals surface area contributed by atoms with Crippen molar-refractivity contribution in [2.45, 2.75) is 12.3 Å². The fraction of sp³-hybridized carbons (Fsp3) is 0.214. The van der Waals surface area contributed by atoms with Gasteiger partial charge < -0.3 is 0 Å². The second-order valence-corrected chi connectivity index (χ2v) is 6.70. The van der Waals surface area contributed by atoms with Crippen molar-refractivity contribution in [3.63, 3.8) is 0 Å². The summed E-state index contributed by atoms with van der Waals surface area (Å²) in [5, 5.41) is 13.2. The Balaban J connectivity index is 2.20. The Morgan fingerprint density at radius 2 is 2.00 bits per heavy atom. The van der Waals surface area contributed by atoms with Crippen LogP contribution in [0.15, 0.2) is 40.2 Å². The van der Waals surface area contributed by atoms with Gasteiger partial charge in [-0.3, -0.25) is 14.9 Å². The highest BCUT2D eigenvalue weighted by atomic mass is 79.9. The third-order valence-electron chi connectivity index (χ3n) is 3.01. The number of nitro groups is 1. The van der Waals surface area contributed by atoms with E-state index in [0.717, 1.165) is 10.0 Å². The van der Waals surface area contributed by atoms with Gasteiger partial charge in [0.25, 0.3) is 0 Å². The molecule has 0 aliphatic rings. The van der Waals surface area contributed by atoms with Gasteiger partial charge >= 0.3 is 0 Å². The molecule has 7 heteroatoms. The number of halogens is 2. The molecule has 4 nitrogen and oxygen atoms in total. The first-order valence-corrected chi connectivity index (χ1v) is 8.16. The minimum absolute atomic E-state index is 0.0984. The first kappa shape index (κ1) is 16.1. The van der Waals surface area contributed by atoms with Crippen LogP contribution in [0.2, 0.25) is 5.02 Å². The number of Topliss-reactive ketones (excluding diaryl/α,β-unsaturated/α-hetero) is 1. The summed E-state index contributed by atoms with van der Waals surface area (Å²) in [5.41, 5.74) is 0.747. The molecule has 0 bridgehead atoms. The maximum absolute atomic E-state index is 12.3. The van der Waals surface area contributed by atoms with Crippen LogP contribution in [-0.4, -0.2) is 17.3 Å². The Labute approximate surface area is 139 Å². The van der Waals surface area contributed by atoms with E-state index in [9.17, 15) is 14.9 Å². The van der Waals surface area contributed by atoms with E-state index in [0.29, 0.717) is 9.90 Å². The fourth-order valence-corrected chi connectivity index (χ4v) is 3.68. The van der Waals surface area contributed by atoms with Crippen molar-refractivity contribution in [3.05, 3.63) is 65.8 Å². The average molecular weight is 389 g/mol. The van der Waals surface area contributed by atoms with E-state index in [1.807, 2.05) is 5.38 Å². The molecule has 0 saturated carbocycles. The fourth-order valence-electron chi connectivity index (χ4n) is 2.01. The van der Waals surface area contributed by atoms with Crippen LogP contribution in [0.1, 0.15) is 27.6 Å². The van der Waals surface area contributed by atoms with E-state index in [2.05, 4.69) is 15.9 Å². The van der Waals surface area contributed by atoms with Crippen LogP contribution in [-0.2, 0) is 0 Å². The number of nitrogens with zero attached hydrogens (tertiary/aromatic N) is 1. The molecule has 0 amide bonds. The maximum atomic E-state index is 12.3. The average Bonchev–Trinajstić information content (AvgIpc) is 2.84. The highest BCUT2D eigenvalue weighted by molar-refractivity contribution is 9.10. The summed E-state index contributed by atoms with van der Waals surface area (Å²) in [4.78, 5) is 23.3. The van der Waals surface area contributed by atoms with Crippen molar-refractivity contribution in [2.75, 3.05) is 6.54 Å². The zero-order valence-corrected chi connectivity index (χ0v) is 14.0. The molecule has 1 aromatic heterocycles. The summed E-state index contributed by atoms with van der Waals surface area (Å²) in [6, 6.07) is 8.61. The highest BCUT2D eigenvalue weighted by Gasteiger charge is 2.23. The summed E-state index contributed by atoms with van der Waals surface area (Å²) in [6.07, 6.45) is 0.0989. The maximum Gasteiger partial charge on any atom is 0.211 e. The number of ketones is 1. The first-order chi connectivity index (χ1) is 9.97. The molecule has 2 rings (SSSR count). The molecule has 110 valence electrons. The SMILES string of the molecule is O=C(CC(C[N+](=O)[O-])c1ccc(Cl)cc1)c1sccc1Br. The van der Waals surface area contributed by atoms with Crippen molar-refractivity contribution < 1.29 is 9.72 Å². The van der Waals surface area contributed by atoms with E-state index in [1.165, 1.54) is 11.3 Å². The van der Waals surface area contributed by atoms with Crippen molar-refractivity contribution in [3.8, 4) is 0 Å². The molecule has 0 fully saturated rings. The number of rotatable bonds is 6. The van der Waals surface area contributed by atoms with Crippen LogP contribution in [0.5, 0.6) is 0 Å². The van der Waals surface area contributed by atoms with Gasteiger partial charge in [0.2, 0.25) is 6.54 Å². The third kappa shape index (κ3) is 4.36. The van der Waals surface area contributed by atoms with Gasteiger partial charge in [-0.2, -0.15) is 0 Å². The minimum Gasteiger partial charge on any atom is -0.293 e. The predicted molar refractivity (Wildman–Crippen MR) is 87.0 cm³/mol. The van der Waals surface area contributed by atoms with Crippen LogP contribution in [0.4, 0.5) is 0 Å². The predicted octanol–water partition coefficient (Wildman–Crippen LogP) is 4.80.